The molecule has 16 heavy (non-hydrogen) atoms. The van der Waals surface area contributed by atoms with Gasteiger partial charge in [-0.15, -0.1) is 5.06 Å². The molecule has 0 spiro atoms. The average Bonchev–Trinajstić information content (AvgIpc) is 2.50. The summed E-state index contributed by atoms with van der Waals surface area (Å²) in [5.41, 5.74) is 0. The third-order valence-electron chi connectivity index (χ3n) is 2.15. The van der Waals surface area contributed by atoms with Gasteiger partial charge in [-0.25, -0.2) is 4.79 Å². The van der Waals surface area contributed by atoms with E-state index in [9.17, 15) is 19.2 Å². The highest BCUT2D eigenvalue weighted by atomic mass is 35.5. The van der Waals surface area contributed by atoms with Crippen molar-refractivity contribution < 1.29 is 24.0 Å². The molecular weight excluding hydrogens is 238 g/mol. The predicted octanol–water partition coefficient (Wildman–Crippen LogP) is 0.385. The number of imide groups is 1. The molecule has 1 saturated heterocycles. The quantitative estimate of drug-likeness (QED) is 0.408. The Hall–Kier alpha value is -1.43. The van der Waals surface area contributed by atoms with Gasteiger partial charge < -0.3 is 4.84 Å². The Bertz CT molecular complexity index is 338. The van der Waals surface area contributed by atoms with Crippen LogP contribution in [0.2, 0.25) is 0 Å². The van der Waals surface area contributed by atoms with Crippen LogP contribution in [0.1, 0.15) is 26.2 Å². The molecule has 1 fully saturated rings. The van der Waals surface area contributed by atoms with Crippen molar-refractivity contribution in [3.05, 3.63) is 0 Å². The second kappa shape index (κ2) is 5.07. The summed E-state index contributed by atoms with van der Waals surface area (Å²) in [6.45, 7) is 1.57. The number of hydrogen-bond donors (Lipinski definition) is 0. The van der Waals surface area contributed by atoms with Gasteiger partial charge in [-0.3, -0.25) is 14.4 Å². The van der Waals surface area contributed by atoms with Gasteiger partial charge in [0.25, 0.3) is 11.8 Å². The third kappa shape index (κ3) is 2.57. The smallest absolute Gasteiger partial charge is 0.330 e. The van der Waals surface area contributed by atoms with Gasteiger partial charge in [0.05, 0.1) is 0 Å². The fourth-order valence-corrected chi connectivity index (χ4v) is 1.47. The maximum absolute atomic E-state index is 11.4. The summed E-state index contributed by atoms with van der Waals surface area (Å²) in [6, 6.07) is 0. The molecule has 0 saturated carbocycles. The van der Waals surface area contributed by atoms with Crippen LogP contribution in [0.4, 0.5) is 0 Å². The van der Waals surface area contributed by atoms with E-state index in [2.05, 4.69) is 4.84 Å². The molecule has 1 atom stereocenters. The Morgan fingerprint density at radius 2 is 1.88 bits per heavy atom. The minimum Gasteiger partial charge on any atom is -0.330 e. The van der Waals surface area contributed by atoms with E-state index in [1.165, 1.54) is 0 Å². The zero-order chi connectivity index (χ0) is 12.3. The van der Waals surface area contributed by atoms with E-state index < -0.39 is 28.9 Å². The Labute approximate surface area is 96.4 Å². The van der Waals surface area contributed by atoms with Gasteiger partial charge in [0.15, 0.2) is 0 Å². The van der Waals surface area contributed by atoms with E-state index in [1.807, 2.05) is 0 Å². The van der Waals surface area contributed by atoms with Gasteiger partial charge in [0, 0.05) is 12.8 Å². The number of hydrogen-bond acceptors (Lipinski definition) is 5. The molecule has 0 N–H and O–H groups in total. The van der Waals surface area contributed by atoms with E-state index in [4.69, 9.17) is 11.6 Å². The molecule has 6 nitrogen and oxygen atoms in total. The maximum atomic E-state index is 11.4. The molecule has 0 aromatic heterocycles. The molecule has 1 unspecified atom stereocenters. The first-order chi connectivity index (χ1) is 7.47. The second-order valence-electron chi connectivity index (χ2n) is 3.26. The molecule has 0 radical (unpaired) electrons. The lowest BCUT2D eigenvalue weighted by Gasteiger charge is -2.15. The summed E-state index contributed by atoms with van der Waals surface area (Å²) < 4.78 is 0. The summed E-state index contributed by atoms with van der Waals surface area (Å²) in [4.78, 5) is 49.0. The van der Waals surface area contributed by atoms with Gasteiger partial charge in [-0.05, 0) is 18.0 Å². The number of rotatable bonds is 4. The van der Waals surface area contributed by atoms with Gasteiger partial charge in [0.1, 0.15) is 5.92 Å². The largest absolute Gasteiger partial charge is 0.344 e. The highest BCUT2D eigenvalue weighted by Crippen LogP contribution is 2.16. The van der Waals surface area contributed by atoms with Crippen molar-refractivity contribution in [2.75, 3.05) is 0 Å². The standard InChI is InChI=1S/C9H10ClNO5/c1-2-5(8(10)14)9(15)16-11-6(12)3-4-7(11)13/h5H,2-4H2,1H3. The molecule has 1 aliphatic rings. The lowest BCUT2D eigenvalue weighted by Crippen LogP contribution is -2.35. The van der Waals surface area contributed by atoms with Crippen LogP contribution in [0, 0.1) is 5.92 Å². The van der Waals surface area contributed by atoms with Crippen molar-refractivity contribution >= 4 is 34.6 Å². The summed E-state index contributed by atoms with van der Waals surface area (Å²) in [7, 11) is 0. The van der Waals surface area contributed by atoms with Gasteiger partial charge in [-0.1, -0.05) is 6.92 Å². The molecule has 7 heteroatoms. The molecule has 1 aliphatic heterocycles. The molecule has 1 rings (SSSR count). The molecule has 0 aliphatic carbocycles. The van der Waals surface area contributed by atoms with Crippen LogP contribution in [0.25, 0.3) is 0 Å². The van der Waals surface area contributed by atoms with E-state index in [-0.39, 0.29) is 19.3 Å². The van der Waals surface area contributed by atoms with Crippen LogP contribution in [0.5, 0.6) is 0 Å². The number of halogens is 1. The van der Waals surface area contributed by atoms with Crippen molar-refractivity contribution in [3.63, 3.8) is 0 Å². The first-order valence-electron chi connectivity index (χ1n) is 4.74. The van der Waals surface area contributed by atoms with E-state index in [0.29, 0.717) is 5.06 Å². The Morgan fingerprint density at radius 1 is 1.38 bits per heavy atom. The van der Waals surface area contributed by atoms with Crippen LogP contribution in [0.3, 0.4) is 0 Å². The molecule has 88 valence electrons. The number of amides is 2. The molecule has 1 heterocycles. The number of hydroxylamine groups is 2. The van der Waals surface area contributed by atoms with Crippen molar-refractivity contribution in [1.29, 1.82) is 0 Å². The topological polar surface area (TPSA) is 80.8 Å². The van der Waals surface area contributed by atoms with Gasteiger partial charge >= 0.3 is 5.97 Å². The highest BCUT2D eigenvalue weighted by Gasteiger charge is 2.35. The van der Waals surface area contributed by atoms with Crippen LogP contribution in [-0.2, 0) is 24.0 Å². The fourth-order valence-electron chi connectivity index (χ4n) is 1.23. The van der Waals surface area contributed by atoms with Crippen molar-refractivity contribution in [2.45, 2.75) is 26.2 Å². The Morgan fingerprint density at radius 3 is 2.25 bits per heavy atom. The second-order valence-corrected chi connectivity index (χ2v) is 3.63. The zero-order valence-electron chi connectivity index (χ0n) is 8.57. The average molecular weight is 248 g/mol. The van der Waals surface area contributed by atoms with Gasteiger partial charge in [-0.2, -0.15) is 0 Å². The summed E-state index contributed by atoms with van der Waals surface area (Å²) >= 11 is 5.17. The number of carbonyl (C=O) groups is 4. The van der Waals surface area contributed by atoms with Crippen LogP contribution >= 0.6 is 11.6 Å². The third-order valence-corrected chi connectivity index (χ3v) is 2.42. The normalized spacial score (nSPS) is 17.5. The first kappa shape index (κ1) is 12.6. The Balaban J connectivity index is 2.66. The number of carbonyl (C=O) groups excluding carboxylic acids is 4. The predicted molar refractivity (Wildman–Crippen MR) is 51.8 cm³/mol. The van der Waals surface area contributed by atoms with E-state index >= 15 is 0 Å². The SMILES string of the molecule is CCC(C(=O)Cl)C(=O)ON1C(=O)CCC1=O. The summed E-state index contributed by atoms with van der Waals surface area (Å²) in [5.74, 6) is -3.31. The minimum atomic E-state index is -1.15. The van der Waals surface area contributed by atoms with Crippen LogP contribution in [-0.4, -0.2) is 28.1 Å². The van der Waals surface area contributed by atoms with Crippen molar-refractivity contribution in [2.24, 2.45) is 5.92 Å². The lowest BCUT2D eigenvalue weighted by atomic mass is 10.1. The van der Waals surface area contributed by atoms with Gasteiger partial charge in [0.2, 0.25) is 5.24 Å². The summed E-state index contributed by atoms with van der Waals surface area (Å²) in [5, 5.41) is -0.475. The van der Waals surface area contributed by atoms with Crippen molar-refractivity contribution in [1.82, 2.24) is 5.06 Å². The minimum absolute atomic E-state index is 0.0116. The van der Waals surface area contributed by atoms with E-state index in [1.54, 1.807) is 6.92 Å². The fraction of sp³-hybridized carbons (Fsp3) is 0.556. The maximum Gasteiger partial charge on any atom is 0.344 e. The molecule has 0 aromatic carbocycles. The van der Waals surface area contributed by atoms with Crippen molar-refractivity contribution in [3.8, 4) is 0 Å². The zero-order valence-corrected chi connectivity index (χ0v) is 9.32. The molecule has 2 amide bonds. The first-order valence-corrected chi connectivity index (χ1v) is 5.12. The molecule has 0 bridgehead atoms. The summed E-state index contributed by atoms with van der Waals surface area (Å²) in [6.07, 6.45) is 0.173. The number of nitrogens with zero attached hydrogens (tertiary/aromatic N) is 1. The van der Waals surface area contributed by atoms with Crippen LogP contribution < -0.4 is 0 Å². The monoisotopic (exact) mass is 247 g/mol. The van der Waals surface area contributed by atoms with Crippen LogP contribution in [0.15, 0.2) is 0 Å². The van der Waals surface area contributed by atoms with E-state index in [0.717, 1.165) is 0 Å². The highest BCUT2D eigenvalue weighted by molar-refractivity contribution is 6.65. The molecular formula is C9H10ClNO5. The molecule has 0 aromatic rings. The lowest BCUT2D eigenvalue weighted by molar-refractivity contribution is -0.200. The Kier molecular flexibility index (Phi) is 4.00.